The van der Waals surface area contributed by atoms with Crippen LogP contribution in [0.5, 0.6) is 0 Å². The van der Waals surface area contributed by atoms with Crippen molar-refractivity contribution >= 4 is 22.6 Å². The first-order valence-electron chi connectivity index (χ1n) is 3.64. The van der Waals surface area contributed by atoms with E-state index in [4.69, 9.17) is 10.8 Å². The maximum atomic E-state index is 10.8. The van der Waals surface area contributed by atoms with Crippen LogP contribution in [0.25, 0.3) is 10.9 Å². The Labute approximate surface area is 73.2 Å². The second kappa shape index (κ2) is 2.48. The number of aromatic carboxylic acids is 1. The SMILES string of the molecule is Nc1cc(C(=O)O)c2[nH]ncc2c1. The van der Waals surface area contributed by atoms with E-state index >= 15 is 0 Å². The normalized spacial score (nSPS) is 10.5. The van der Waals surface area contributed by atoms with Crippen LogP contribution >= 0.6 is 0 Å². The number of hydrogen-bond acceptors (Lipinski definition) is 3. The molecule has 5 heteroatoms. The molecule has 1 aromatic carbocycles. The highest BCUT2D eigenvalue weighted by Crippen LogP contribution is 2.19. The summed E-state index contributed by atoms with van der Waals surface area (Å²) in [6.07, 6.45) is 1.54. The summed E-state index contributed by atoms with van der Waals surface area (Å²) in [5.41, 5.74) is 6.59. The van der Waals surface area contributed by atoms with Crippen LogP contribution in [0.4, 0.5) is 5.69 Å². The topological polar surface area (TPSA) is 92.0 Å². The van der Waals surface area contributed by atoms with Crippen molar-refractivity contribution in [3.63, 3.8) is 0 Å². The van der Waals surface area contributed by atoms with Gasteiger partial charge in [-0.25, -0.2) is 4.79 Å². The molecule has 0 radical (unpaired) electrons. The Bertz CT molecular complexity index is 475. The Morgan fingerprint density at radius 2 is 2.31 bits per heavy atom. The minimum Gasteiger partial charge on any atom is -0.478 e. The lowest BCUT2D eigenvalue weighted by molar-refractivity contribution is 0.0699. The zero-order valence-corrected chi connectivity index (χ0v) is 6.61. The quantitative estimate of drug-likeness (QED) is 0.563. The number of benzene rings is 1. The Kier molecular flexibility index (Phi) is 1.45. The molecule has 0 saturated heterocycles. The van der Waals surface area contributed by atoms with E-state index in [0.29, 0.717) is 16.6 Å². The predicted molar refractivity (Wildman–Crippen MR) is 47.5 cm³/mol. The average molecular weight is 177 g/mol. The third-order valence-electron chi connectivity index (χ3n) is 1.80. The van der Waals surface area contributed by atoms with Gasteiger partial charge in [-0.3, -0.25) is 5.10 Å². The van der Waals surface area contributed by atoms with Gasteiger partial charge in [0.15, 0.2) is 0 Å². The number of H-pyrrole nitrogens is 1. The molecule has 2 rings (SSSR count). The lowest BCUT2D eigenvalue weighted by Crippen LogP contribution is -1.99. The first kappa shape index (κ1) is 7.60. The number of carbonyl (C=O) groups is 1. The fraction of sp³-hybridized carbons (Fsp3) is 0. The monoisotopic (exact) mass is 177 g/mol. The lowest BCUT2D eigenvalue weighted by Gasteiger charge is -1.98. The Morgan fingerprint density at radius 3 is 3.00 bits per heavy atom. The molecular formula is C8H7N3O2. The average Bonchev–Trinajstić information content (AvgIpc) is 2.49. The van der Waals surface area contributed by atoms with Crippen molar-refractivity contribution in [2.45, 2.75) is 0 Å². The van der Waals surface area contributed by atoms with Gasteiger partial charge in [-0.2, -0.15) is 5.10 Å². The zero-order chi connectivity index (χ0) is 9.42. The van der Waals surface area contributed by atoms with Gasteiger partial charge in [0.2, 0.25) is 0 Å². The number of aromatic nitrogens is 2. The van der Waals surface area contributed by atoms with Gasteiger partial charge >= 0.3 is 5.97 Å². The summed E-state index contributed by atoms with van der Waals surface area (Å²) in [7, 11) is 0. The minimum atomic E-state index is -1.01. The fourth-order valence-corrected chi connectivity index (χ4v) is 1.25. The van der Waals surface area contributed by atoms with E-state index in [0.717, 1.165) is 0 Å². The molecule has 1 heterocycles. The molecule has 0 bridgehead atoms. The number of aromatic amines is 1. The van der Waals surface area contributed by atoms with Crippen LogP contribution in [0, 0.1) is 0 Å². The highest BCUT2D eigenvalue weighted by molar-refractivity contribution is 6.03. The third-order valence-corrected chi connectivity index (χ3v) is 1.80. The number of nitrogens with zero attached hydrogens (tertiary/aromatic N) is 1. The van der Waals surface area contributed by atoms with Gasteiger partial charge < -0.3 is 10.8 Å². The van der Waals surface area contributed by atoms with E-state index in [1.165, 1.54) is 12.3 Å². The zero-order valence-electron chi connectivity index (χ0n) is 6.61. The number of nitrogens with one attached hydrogen (secondary N) is 1. The van der Waals surface area contributed by atoms with Crippen molar-refractivity contribution in [2.24, 2.45) is 0 Å². The minimum absolute atomic E-state index is 0.146. The van der Waals surface area contributed by atoms with Gasteiger partial charge in [0.05, 0.1) is 17.3 Å². The fourth-order valence-electron chi connectivity index (χ4n) is 1.25. The summed E-state index contributed by atoms with van der Waals surface area (Å²) in [6.45, 7) is 0. The molecule has 0 aliphatic carbocycles. The van der Waals surface area contributed by atoms with E-state index in [2.05, 4.69) is 10.2 Å². The number of rotatable bonds is 1. The second-order valence-corrected chi connectivity index (χ2v) is 2.71. The highest BCUT2D eigenvalue weighted by Gasteiger charge is 2.10. The third kappa shape index (κ3) is 1.10. The highest BCUT2D eigenvalue weighted by atomic mass is 16.4. The smallest absolute Gasteiger partial charge is 0.337 e. The van der Waals surface area contributed by atoms with Gasteiger partial charge in [0.25, 0.3) is 0 Å². The Balaban J connectivity index is 2.84. The molecule has 1 aromatic heterocycles. The van der Waals surface area contributed by atoms with Crippen LogP contribution in [0.2, 0.25) is 0 Å². The molecular weight excluding hydrogens is 170 g/mol. The molecule has 0 spiro atoms. The largest absolute Gasteiger partial charge is 0.478 e. The number of hydrogen-bond donors (Lipinski definition) is 3. The summed E-state index contributed by atoms with van der Waals surface area (Å²) in [5, 5.41) is 15.9. The molecule has 0 aliphatic heterocycles. The van der Waals surface area contributed by atoms with Crippen LogP contribution < -0.4 is 5.73 Å². The van der Waals surface area contributed by atoms with Crippen molar-refractivity contribution in [2.75, 3.05) is 5.73 Å². The molecule has 0 atom stereocenters. The van der Waals surface area contributed by atoms with Gasteiger partial charge in [-0.1, -0.05) is 0 Å². The summed E-state index contributed by atoms with van der Waals surface area (Å²) in [4.78, 5) is 10.8. The lowest BCUT2D eigenvalue weighted by atomic mass is 10.1. The summed E-state index contributed by atoms with van der Waals surface area (Å²) in [5.74, 6) is -1.01. The number of carboxylic acid groups (broad SMARTS) is 1. The van der Waals surface area contributed by atoms with E-state index in [-0.39, 0.29) is 5.56 Å². The van der Waals surface area contributed by atoms with Crippen LogP contribution in [-0.4, -0.2) is 21.3 Å². The number of carboxylic acids is 1. The maximum absolute atomic E-state index is 10.8. The van der Waals surface area contributed by atoms with E-state index in [1.54, 1.807) is 6.07 Å². The van der Waals surface area contributed by atoms with Gasteiger partial charge in [-0.15, -0.1) is 0 Å². The van der Waals surface area contributed by atoms with E-state index < -0.39 is 5.97 Å². The van der Waals surface area contributed by atoms with Crippen molar-refractivity contribution in [1.29, 1.82) is 0 Å². The second-order valence-electron chi connectivity index (χ2n) is 2.71. The summed E-state index contributed by atoms with van der Waals surface area (Å²) < 4.78 is 0. The Hall–Kier alpha value is -2.04. The molecule has 0 unspecified atom stereocenters. The van der Waals surface area contributed by atoms with E-state index in [1.807, 2.05) is 0 Å². The van der Waals surface area contributed by atoms with Crippen LogP contribution in [-0.2, 0) is 0 Å². The molecule has 0 saturated carbocycles. The van der Waals surface area contributed by atoms with Gasteiger partial charge in [-0.05, 0) is 12.1 Å². The van der Waals surface area contributed by atoms with Crippen molar-refractivity contribution < 1.29 is 9.90 Å². The number of nitrogens with two attached hydrogens (primary N) is 1. The van der Waals surface area contributed by atoms with Crippen molar-refractivity contribution in [3.8, 4) is 0 Å². The first-order valence-corrected chi connectivity index (χ1v) is 3.64. The van der Waals surface area contributed by atoms with Gasteiger partial charge in [0, 0.05) is 11.1 Å². The first-order chi connectivity index (χ1) is 6.18. The van der Waals surface area contributed by atoms with Crippen molar-refractivity contribution in [3.05, 3.63) is 23.9 Å². The number of anilines is 1. The van der Waals surface area contributed by atoms with Crippen LogP contribution in [0.1, 0.15) is 10.4 Å². The molecule has 4 N–H and O–H groups in total. The van der Waals surface area contributed by atoms with Crippen molar-refractivity contribution in [1.82, 2.24) is 10.2 Å². The van der Waals surface area contributed by atoms with Crippen LogP contribution in [0.3, 0.4) is 0 Å². The molecule has 13 heavy (non-hydrogen) atoms. The maximum Gasteiger partial charge on any atom is 0.337 e. The van der Waals surface area contributed by atoms with Crippen LogP contribution in [0.15, 0.2) is 18.3 Å². The predicted octanol–water partition coefficient (Wildman–Crippen LogP) is 0.843. The molecule has 0 amide bonds. The molecule has 0 aliphatic rings. The number of nitrogen functional groups attached to an aromatic ring is 1. The Morgan fingerprint density at radius 1 is 1.54 bits per heavy atom. The molecule has 5 nitrogen and oxygen atoms in total. The summed E-state index contributed by atoms with van der Waals surface area (Å²) >= 11 is 0. The molecule has 2 aromatic rings. The number of fused-ring (bicyclic) bond motifs is 1. The molecule has 66 valence electrons. The molecule has 0 fully saturated rings. The van der Waals surface area contributed by atoms with Gasteiger partial charge in [0.1, 0.15) is 0 Å². The standard InChI is InChI=1S/C8H7N3O2/c9-5-1-4-3-10-11-7(4)6(2-5)8(12)13/h1-3H,9H2,(H,10,11)(H,12,13). The van der Waals surface area contributed by atoms with E-state index in [9.17, 15) is 4.79 Å². The summed E-state index contributed by atoms with van der Waals surface area (Å²) in [6, 6.07) is 3.08.